The van der Waals surface area contributed by atoms with E-state index in [1.807, 2.05) is 25.0 Å². The molecule has 1 rings (SSSR count). The van der Waals surface area contributed by atoms with Gasteiger partial charge in [0.25, 0.3) is 5.72 Å². The zero-order chi connectivity index (χ0) is 19.2. The Balaban J connectivity index is 3.46. The molecule has 0 aliphatic carbocycles. The molecule has 0 aromatic heterocycles. The number of aliphatic imine (C=N–C) groups is 1. The van der Waals surface area contributed by atoms with Gasteiger partial charge in [0.1, 0.15) is 19.6 Å². The van der Waals surface area contributed by atoms with Crippen molar-refractivity contribution in [2.75, 3.05) is 0 Å². The number of amidine groups is 1. The van der Waals surface area contributed by atoms with E-state index in [1.54, 1.807) is 0 Å². The quantitative estimate of drug-likeness (QED) is 0.420. The van der Waals surface area contributed by atoms with E-state index >= 15 is 0 Å². The van der Waals surface area contributed by atoms with Crippen molar-refractivity contribution in [1.29, 1.82) is 0 Å². The summed E-state index contributed by atoms with van der Waals surface area (Å²) in [6, 6.07) is 0. The van der Waals surface area contributed by atoms with Crippen LogP contribution in [0.4, 0.5) is 26.3 Å². The lowest BCUT2D eigenvalue weighted by molar-refractivity contribution is -0.238. The van der Waals surface area contributed by atoms with Gasteiger partial charge in [0, 0.05) is 6.08 Å². The average molecular weight is 372 g/mol. The van der Waals surface area contributed by atoms with E-state index in [1.165, 1.54) is 13.8 Å². The SMILES string of the molecule is CC(C)(C#C[Si](C)(C)C)C1=NC(O)(C(F)(F)F)C=C(C(F)(F)F)N1. The molecule has 136 valence electrons. The number of nitrogens with zero attached hydrogens (tertiary/aromatic N) is 1. The molecule has 1 heterocycles. The first-order chi connectivity index (χ1) is 10.4. The van der Waals surface area contributed by atoms with Crippen LogP contribution in [0.25, 0.3) is 0 Å². The molecule has 2 N–H and O–H groups in total. The van der Waals surface area contributed by atoms with Gasteiger partial charge in [-0.3, -0.25) is 0 Å². The van der Waals surface area contributed by atoms with Gasteiger partial charge in [-0.1, -0.05) is 25.6 Å². The van der Waals surface area contributed by atoms with Crippen LogP contribution in [-0.4, -0.2) is 37.1 Å². The third kappa shape index (κ3) is 4.77. The van der Waals surface area contributed by atoms with Gasteiger partial charge >= 0.3 is 12.4 Å². The topological polar surface area (TPSA) is 44.6 Å². The summed E-state index contributed by atoms with van der Waals surface area (Å²) in [5.74, 6) is 1.98. The largest absolute Gasteiger partial charge is 0.442 e. The molecule has 10 heteroatoms. The smallest absolute Gasteiger partial charge is 0.359 e. The van der Waals surface area contributed by atoms with Crippen LogP contribution in [-0.2, 0) is 0 Å². The van der Waals surface area contributed by atoms with Gasteiger partial charge in [-0.2, -0.15) is 26.3 Å². The van der Waals surface area contributed by atoms with E-state index in [4.69, 9.17) is 0 Å². The fourth-order valence-electron chi connectivity index (χ4n) is 1.59. The maximum Gasteiger partial charge on any atom is 0.442 e. The van der Waals surface area contributed by atoms with Crippen LogP contribution in [0.1, 0.15) is 13.8 Å². The molecule has 0 aromatic carbocycles. The molecule has 0 spiro atoms. The highest BCUT2D eigenvalue weighted by Gasteiger charge is 2.57. The van der Waals surface area contributed by atoms with Crippen LogP contribution in [0.15, 0.2) is 16.8 Å². The van der Waals surface area contributed by atoms with Crippen LogP contribution in [0, 0.1) is 16.9 Å². The average Bonchev–Trinajstić information content (AvgIpc) is 2.33. The highest BCUT2D eigenvalue weighted by molar-refractivity contribution is 6.83. The Morgan fingerprint density at radius 2 is 1.62 bits per heavy atom. The third-order valence-electron chi connectivity index (χ3n) is 2.95. The van der Waals surface area contributed by atoms with Crippen LogP contribution in [0.3, 0.4) is 0 Å². The first kappa shape index (κ1) is 20.6. The number of aliphatic hydroxyl groups is 1. The molecule has 1 atom stereocenters. The number of hydrogen-bond donors (Lipinski definition) is 2. The predicted molar refractivity (Wildman–Crippen MR) is 80.6 cm³/mol. The van der Waals surface area contributed by atoms with E-state index in [2.05, 4.69) is 16.5 Å². The van der Waals surface area contributed by atoms with Crippen LogP contribution in [0.5, 0.6) is 0 Å². The fraction of sp³-hybridized carbons (Fsp3) is 0.643. The molecule has 0 fully saturated rings. The highest BCUT2D eigenvalue weighted by atomic mass is 28.3. The molecule has 0 aromatic rings. The normalized spacial score (nSPS) is 22.8. The second-order valence-electron chi connectivity index (χ2n) is 6.99. The number of nitrogens with one attached hydrogen (secondary N) is 1. The minimum atomic E-state index is -5.40. The lowest BCUT2D eigenvalue weighted by Gasteiger charge is -2.34. The molecule has 0 amide bonds. The number of allylic oxidation sites excluding steroid dienone is 1. The Morgan fingerprint density at radius 1 is 1.12 bits per heavy atom. The molecule has 1 unspecified atom stereocenters. The third-order valence-corrected chi connectivity index (χ3v) is 3.82. The van der Waals surface area contributed by atoms with Crippen molar-refractivity contribution in [2.24, 2.45) is 10.4 Å². The molecule has 0 saturated heterocycles. The molecular weight excluding hydrogens is 354 g/mol. The molecular formula is C14H18F6N2OSi. The Hall–Kier alpha value is -1.47. The zero-order valence-corrected chi connectivity index (χ0v) is 14.7. The summed E-state index contributed by atoms with van der Waals surface area (Å²) >= 11 is 0. The summed E-state index contributed by atoms with van der Waals surface area (Å²) in [5, 5.41) is 11.5. The van der Waals surface area contributed by atoms with Gasteiger partial charge in [0.2, 0.25) is 0 Å². The van der Waals surface area contributed by atoms with Crippen molar-refractivity contribution in [1.82, 2.24) is 5.32 Å². The van der Waals surface area contributed by atoms with Gasteiger partial charge in [0.15, 0.2) is 0 Å². The highest BCUT2D eigenvalue weighted by Crippen LogP contribution is 2.39. The molecule has 1 aliphatic rings. The van der Waals surface area contributed by atoms with E-state index in [0.29, 0.717) is 0 Å². The van der Waals surface area contributed by atoms with Crippen LogP contribution >= 0.6 is 0 Å². The van der Waals surface area contributed by atoms with Crippen molar-refractivity contribution in [3.63, 3.8) is 0 Å². The van der Waals surface area contributed by atoms with Crippen LogP contribution < -0.4 is 5.32 Å². The Bertz CT molecular complexity index is 631. The number of alkyl halides is 6. The van der Waals surface area contributed by atoms with E-state index < -0.39 is 43.1 Å². The van der Waals surface area contributed by atoms with Crippen LogP contribution in [0.2, 0.25) is 19.6 Å². The van der Waals surface area contributed by atoms with Crippen molar-refractivity contribution >= 4 is 13.9 Å². The standard InChI is InChI=1S/C14H18F6N2OSi/c1-11(2,6-7-24(3,4)5)10-21-9(13(15,16)17)8-12(23,22-10)14(18,19)20/h8,23H,1-5H3,(H,21,22). The molecule has 0 radical (unpaired) electrons. The predicted octanol–water partition coefficient (Wildman–Crippen LogP) is 3.59. The summed E-state index contributed by atoms with van der Waals surface area (Å²) in [6.07, 6.45) is -10.9. The van der Waals surface area contributed by atoms with Gasteiger partial charge in [-0.15, -0.1) is 5.54 Å². The zero-order valence-electron chi connectivity index (χ0n) is 13.7. The van der Waals surface area contributed by atoms with E-state index in [-0.39, 0.29) is 6.08 Å². The molecule has 0 bridgehead atoms. The van der Waals surface area contributed by atoms with Gasteiger partial charge in [-0.25, -0.2) is 4.99 Å². The van der Waals surface area contributed by atoms with Gasteiger partial charge in [0.05, 0.1) is 5.41 Å². The molecule has 24 heavy (non-hydrogen) atoms. The monoisotopic (exact) mass is 372 g/mol. The number of halogens is 6. The lowest BCUT2D eigenvalue weighted by Crippen LogP contribution is -2.52. The van der Waals surface area contributed by atoms with Crippen molar-refractivity contribution < 1.29 is 31.4 Å². The Kier molecular flexibility index (Phi) is 4.98. The second kappa shape index (κ2) is 5.81. The Morgan fingerprint density at radius 3 is 2.00 bits per heavy atom. The van der Waals surface area contributed by atoms with Crippen molar-refractivity contribution in [3.8, 4) is 11.5 Å². The summed E-state index contributed by atoms with van der Waals surface area (Å²) in [4.78, 5) is 3.09. The first-order valence-electron chi connectivity index (χ1n) is 6.88. The summed E-state index contributed by atoms with van der Waals surface area (Å²) in [5.41, 5.74) is -4.25. The molecule has 1 aliphatic heterocycles. The minimum Gasteiger partial charge on any atom is -0.359 e. The summed E-state index contributed by atoms with van der Waals surface area (Å²) in [7, 11) is -1.92. The van der Waals surface area contributed by atoms with E-state index in [0.717, 1.165) is 0 Å². The molecule has 0 saturated carbocycles. The maximum absolute atomic E-state index is 13.0. The fourth-order valence-corrected chi connectivity index (χ4v) is 2.28. The second-order valence-corrected chi connectivity index (χ2v) is 11.7. The summed E-state index contributed by atoms with van der Waals surface area (Å²) < 4.78 is 77.7. The van der Waals surface area contributed by atoms with Crippen molar-refractivity contribution in [3.05, 3.63) is 11.8 Å². The first-order valence-corrected chi connectivity index (χ1v) is 10.4. The van der Waals surface area contributed by atoms with E-state index in [9.17, 15) is 31.4 Å². The number of hydrogen-bond acceptors (Lipinski definition) is 3. The number of rotatable bonds is 1. The van der Waals surface area contributed by atoms with Gasteiger partial charge in [-0.05, 0) is 13.8 Å². The maximum atomic E-state index is 13.0. The Labute approximate surface area is 136 Å². The minimum absolute atomic E-state index is 0.376. The summed E-state index contributed by atoms with van der Waals surface area (Å²) in [6.45, 7) is 8.29. The lowest BCUT2D eigenvalue weighted by atomic mass is 9.91. The van der Waals surface area contributed by atoms with Gasteiger partial charge < -0.3 is 10.4 Å². The van der Waals surface area contributed by atoms with Crippen molar-refractivity contribution in [2.45, 2.75) is 51.6 Å². The molecule has 3 nitrogen and oxygen atoms in total.